The lowest BCUT2D eigenvalue weighted by Crippen LogP contribution is -2.23. The van der Waals surface area contributed by atoms with Gasteiger partial charge in [-0.25, -0.2) is 9.78 Å². The van der Waals surface area contributed by atoms with E-state index in [-0.39, 0.29) is 6.20 Å². The van der Waals surface area contributed by atoms with Gasteiger partial charge in [-0.3, -0.25) is 0 Å². The zero-order chi connectivity index (χ0) is 15.7. The van der Waals surface area contributed by atoms with Crippen molar-refractivity contribution in [2.24, 2.45) is 0 Å². The first-order valence-corrected chi connectivity index (χ1v) is 5.73. The molecule has 0 saturated heterocycles. The lowest BCUT2D eigenvalue weighted by atomic mass is 10.1. The number of alkyl halides is 7. The van der Waals surface area contributed by atoms with Gasteiger partial charge in [0.1, 0.15) is 5.56 Å². The van der Waals surface area contributed by atoms with Crippen LogP contribution in [-0.2, 0) is 11.5 Å². The van der Waals surface area contributed by atoms with Gasteiger partial charge in [0.15, 0.2) is 11.4 Å². The van der Waals surface area contributed by atoms with Crippen LogP contribution in [0.5, 0.6) is 5.75 Å². The summed E-state index contributed by atoms with van der Waals surface area (Å²) in [4.78, 5) is 13.8. The van der Waals surface area contributed by atoms with E-state index in [2.05, 4.69) is 25.7 Å². The smallest absolute Gasteiger partial charge is 0.477 e. The van der Waals surface area contributed by atoms with Gasteiger partial charge in [-0.15, -0.1) is 13.2 Å². The Hall–Kier alpha value is -1.52. The highest BCUT2D eigenvalue weighted by Gasteiger charge is 2.42. The van der Waals surface area contributed by atoms with Gasteiger partial charge in [0, 0.05) is 10.9 Å². The summed E-state index contributed by atoms with van der Waals surface area (Å²) < 4.78 is 77.9. The van der Waals surface area contributed by atoms with Crippen molar-refractivity contribution < 1.29 is 41.0 Å². The molecule has 0 spiro atoms. The van der Waals surface area contributed by atoms with E-state index in [0.717, 1.165) is 0 Å². The number of aromatic carboxylic acids is 1. The van der Waals surface area contributed by atoms with Crippen molar-refractivity contribution in [1.29, 1.82) is 0 Å². The molecule has 20 heavy (non-hydrogen) atoms. The Kier molecular flexibility index (Phi) is 4.52. The zero-order valence-corrected chi connectivity index (χ0v) is 10.7. The summed E-state index contributed by atoms with van der Waals surface area (Å²) >= 11 is 2.59. The largest absolute Gasteiger partial charge is 0.573 e. The number of carboxylic acid groups (broad SMARTS) is 1. The number of carbonyl (C=O) groups is 1. The maximum atomic E-state index is 12.8. The summed E-state index contributed by atoms with van der Waals surface area (Å²) in [6.07, 6.45) is -10.5. The van der Waals surface area contributed by atoms with Gasteiger partial charge >= 0.3 is 18.5 Å². The zero-order valence-electron chi connectivity index (χ0n) is 9.14. The quantitative estimate of drug-likeness (QED) is 0.655. The molecule has 1 N–H and O–H groups in total. The summed E-state index contributed by atoms with van der Waals surface area (Å²) in [6.45, 7) is 0. The average Bonchev–Trinajstić information content (AvgIpc) is 2.23. The van der Waals surface area contributed by atoms with Gasteiger partial charge in [-0.05, 0) is 0 Å². The molecule has 0 unspecified atom stereocenters. The number of nitrogens with zero attached hydrogens (tertiary/aromatic N) is 1. The molecule has 0 aliphatic heterocycles. The van der Waals surface area contributed by atoms with Crippen molar-refractivity contribution in [1.82, 2.24) is 4.98 Å². The van der Waals surface area contributed by atoms with Crippen LogP contribution in [0.4, 0.5) is 26.3 Å². The third-order valence-corrected chi connectivity index (χ3v) is 2.55. The van der Waals surface area contributed by atoms with E-state index >= 15 is 0 Å². The molecule has 4 nitrogen and oxygen atoms in total. The lowest BCUT2D eigenvalue weighted by Gasteiger charge is -2.18. The third-order valence-electron chi connectivity index (χ3n) is 1.99. The molecule has 0 aliphatic rings. The fourth-order valence-electron chi connectivity index (χ4n) is 1.36. The van der Waals surface area contributed by atoms with E-state index in [0.29, 0.717) is 0 Å². The average molecular weight is 368 g/mol. The van der Waals surface area contributed by atoms with E-state index in [1.165, 1.54) is 0 Å². The first kappa shape index (κ1) is 16.5. The molecular formula is C9H4BrF6NO3. The molecule has 0 amide bonds. The Balaban J connectivity index is 3.59. The predicted molar refractivity (Wildman–Crippen MR) is 55.5 cm³/mol. The van der Waals surface area contributed by atoms with E-state index in [1.807, 2.05) is 0 Å². The highest BCUT2D eigenvalue weighted by atomic mass is 79.9. The van der Waals surface area contributed by atoms with Crippen LogP contribution >= 0.6 is 15.9 Å². The standard InChI is InChI=1S/C9H4BrF6NO3/c10-1-3-5(8(11,12)13)4(20-9(14,15)16)2-17-6(3)7(18)19/h2H,1H2,(H,18,19). The molecule has 1 heterocycles. The highest BCUT2D eigenvalue weighted by molar-refractivity contribution is 9.08. The van der Waals surface area contributed by atoms with E-state index in [9.17, 15) is 31.1 Å². The monoisotopic (exact) mass is 367 g/mol. The topological polar surface area (TPSA) is 59.4 Å². The number of ether oxygens (including phenoxy) is 1. The summed E-state index contributed by atoms with van der Waals surface area (Å²) in [5, 5.41) is 8.04. The maximum Gasteiger partial charge on any atom is 0.573 e. The van der Waals surface area contributed by atoms with Gasteiger partial charge in [-0.1, -0.05) is 15.9 Å². The molecule has 11 heteroatoms. The van der Waals surface area contributed by atoms with Crippen molar-refractivity contribution >= 4 is 21.9 Å². The number of rotatable bonds is 3. The molecule has 0 bridgehead atoms. The molecule has 0 radical (unpaired) electrons. The molecule has 1 aromatic rings. The SMILES string of the molecule is O=C(O)c1ncc(OC(F)(F)F)c(C(F)(F)F)c1CBr. The second kappa shape index (κ2) is 5.46. The van der Waals surface area contributed by atoms with Crippen LogP contribution < -0.4 is 4.74 Å². The van der Waals surface area contributed by atoms with Crippen molar-refractivity contribution in [2.45, 2.75) is 17.9 Å². The van der Waals surface area contributed by atoms with Gasteiger partial charge in [0.2, 0.25) is 0 Å². The fourth-order valence-corrected chi connectivity index (χ4v) is 1.91. The van der Waals surface area contributed by atoms with Crippen molar-refractivity contribution in [3.8, 4) is 5.75 Å². The minimum Gasteiger partial charge on any atom is -0.477 e. The molecule has 0 aliphatic carbocycles. The van der Waals surface area contributed by atoms with Crippen LogP contribution in [0.1, 0.15) is 21.6 Å². The molecule has 0 aromatic carbocycles. The van der Waals surface area contributed by atoms with Crippen LogP contribution in [0.2, 0.25) is 0 Å². The molecule has 1 aromatic heterocycles. The number of hydrogen-bond donors (Lipinski definition) is 1. The minimum atomic E-state index is -5.37. The molecular weight excluding hydrogens is 364 g/mol. The number of pyridine rings is 1. The molecule has 1 rings (SSSR count). The molecule has 0 saturated carbocycles. The van der Waals surface area contributed by atoms with Crippen LogP contribution in [0.15, 0.2) is 6.20 Å². The second-order valence-corrected chi connectivity index (χ2v) is 3.87. The number of aromatic nitrogens is 1. The Bertz CT molecular complexity index is 528. The van der Waals surface area contributed by atoms with E-state index in [1.54, 1.807) is 0 Å². The predicted octanol–water partition coefficient (Wildman–Crippen LogP) is 3.59. The minimum absolute atomic E-state index is 0.0753. The summed E-state index contributed by atoms with van der Waals surface area (Å²) in [5.41, 5.74) is -3.80. The lowest BCUT2D eigenvalue weighted by molar-refractivity contribution is -0.276. The third kappa shape index (κ3) is 3.74. The van der Waals surface area contributed by atoms with E-state index in [4.69, 9.17) is 5.11 Å². The first-order chi connectivity index (χ1) is 8.97. The number of hydrogen-bond acceptors (Lipinski definition) is 3. The van der Waals surface area contributed by atoms with Gasteiger partial charge in [-0.2, -0.15) is 13.2 Å². The highest BCUT2D eigenvalue weighted by Crippen LogP contribution is 2.41. The number of carboxylic acids is 1. The van der Waals surface area contributed by atoms with Crippen molar-refractivity contribution in [3.05, 3.63) is 23.0 Å². The van der Waals surface area contributed by atoms with Crippen LogP contribution in [0.3, 0.4) is 0 Å². The summed E-state index contributed by atoms with van der Waals surface area (Å²) in [6, 6.07) is 0. The summed E-state index contributed by atoms with van der Waals surface area (Å²) in [5.74, 6) is -3.41. The van der Waals surface area contributed by atoms with Crippen LogP contribution in [-0.4, -0.2) is 22.4 Å². The number of halogens is 7. The Morgan fingerprint density at radius 3 is 2.20 bits per heavy atom. The molecule has 112 valence electrons. The summed E-state index contributed by atoms with van der Waals surface area (Å²) in [7, 11) is 0. The molecule has 0 fully saturated rings. The Labute approximate surface area is 115 Å². The van der Waals surface area contributed by atoms with Crippen molar-refractivity contribution in [2.75, 3.05) is 0 Å². The van der Waals surface area contributed by atoms with Gasteiger partial charge in [0.05, 0.1) is 6.20 Å². The van der Waals surface area contributed by atoms with E-state index < -0.39 is 46.4 Å². The maximum absolute atomic E-state index is 12.8. The normalized spacial score (nSPS) is 12.3. The Morgan fingerprint density at radius 1 is 1.30 bits per heavy atom. The second-order valence-electron chi connectivity index (χ2n) is 3.31. The molecule has 0 atom stereocenters. The fraction of sp³-hybridized carbons (Fsp3) is 0.333. The van der Waals surface area contributed by atoms with Crippen LogP contribution in [0.25, 0.3) is 0 Å². The Morgan fingerprint density at radius 2 is 1.85 bits per heavy atom. The van der Waals surface area contributed by atoms with Crippen molar-refractivity contribution in [3.63, 3.8) is 0 Å². The van der Waals surface area contributed by atoms with Gasteiger partial charge < -0.3 is 9.84 Å². The van der Waals surface area contributed by atoms with Crippen LogP contribution in [0, 0.1) is 0 Å². The van der Waals surface area contributed by atoms with Gasteiger partial charge in [0.25, 0.3) is 0 Å². The first-order valence-electron chi connectivity index (χ1n) is 4.61.